The standard InChI is InChI=1S/C22H27N3OS3/c1-15(2)28-17-11-9-16(10-12-17)21(26)25(14-13-24(3)4)22-23-20-18(27-5)7-6-8-19(20)29-22/h6-12,15H,13-14H2,1-5H3. The van der Waals surface area contributed by atoms with Crippen LogP contribution in [0.15, 0.2) is 52.3 Å². The van der Waals surface area contributed by atoms with Gasteiger partial charge >= 0.3 is 0 Å². The second-order valence-electron chi connectivity index (χ2n) is 7.25. The van der Waals surface area contributed by atoms with Gasteiger partial charge in [0.1, 0.15) is 0 Å². The first-order valence-corrected chi connectivity index (χ1v) is 12.5. The number of amides is 1. The maximum atomic E-state index is 13.4. The second-order valence-corrected chi connectivity index (χ2v) is 10.8. The van der Waals surface area contributed by atoms with Gasteiger partial charge in [-0.2, -0.15) is 0 Å². The van der Waals surface area contributed by atoms with E-state index in [1.165, 1.54) is 4.90 Å². The summed E-state index contributed by atoms with van der Waals surface area (Å²) in [6, 6.07) is 14.1. The summed E-state index contributed by atoms with van der Waals surface area (Å²) < 4.78 is 1.11. The van der Waals surface area contributed by atoms with Gasteiger partial charge in [0.25, 0.3) is 5.91 Å². The molecule has 0 atom stereocenters. The molecule has 3 aromatic rings. The van der Waals surface area contributed by atoms with E-state index in [1.807, 2.05) is 49.3 Å². The summed E-state index contributed by atoms with van der Waals surface area (Å²) >= 11 is 5.06. The number of nitrogens with zero attached hydrogens (tertiary/aromatic N) is 3. The van der Waals surface area contributed by atoms with E-state index in [1.54, 1.807) is 34.9 Å². The molecule has 1 amide bonds. The van der Waals surface area contributed by atoms with Gasteiger partial charge in [-0.1, -0.05) is 31.3 Å². The first-order valence-electron chi connectivity index (χ1n) is 9.56. The molecule has 0 saturated heterocycles. The topological polar surface area (TPSA) is 36.4 Å². The minimum absolute atomic E-state index is 0.00213. The lowest BCUT2D eigenvalue weighted by Gasteiger charge is -2.22. The van der Waals surface area contributed by atoms with Crippen LogP contribution < -0.4 is 4.90 Å². The molecule has 2 aromatic carbocycles. The van der Waals surface area contributed by atoms with Crippen LogP contribution in [0, 0.1) is 0 Å². The molecule has 0 bridgehead atoms. The highest BCUT2D eigenvalue weighted by molar-refractivity contribution is 8.00. The SMILES string of the molecule is CSc1cccc2sc(N(CCN(C)C)C(=O)c3ccc(SC(C)C)cc3)nc12. The number of fused-ring (bicyclic) bond motifs is 1. The van der Waals surface area contributed by atoms with Crippen molar-refractivity contribution in [2.75, 3.05) is 38.3 Å². The van der Waals surface area contributed by atoms with Gasteiger partial charge in [0, 0.05) is 33.7 Å². The zero-order valence-electron chi connectivity index (χ0n) is 17.5. The molecule has 29 heavy (non-hydrogen) atoms. The Labute approximate surface area is 185 Å². The normalized spacial score (nSPS) is 11.6. The largest absolute Gasteiger partial charge is 0.308 e. The Bertz CT molecular complexity index is 967. The fraction of sp³-hybridized carbons (Fsp3) is 0.364. The lowest BCUT2D eigenvalue weighted by Crippen LogP contribution is -2.36. The van der Waals surface area contributed by atoms with Crippen molar-refractivity contribution in [2.24, 2.45) is 0 Å². The van der Waals surface area contributed by atoms with Crippen molar-refractivity contribution < 1.29 is 4.79 Å². The van der Waals surface area contributed by atoms with Crippen molar-refractivity contribution in [1.29, 1.82) is 0 Å². The van der Waals surface area contributed by atoms with Crippen LogP contribution in [0.5, 0.6) is 0 Å². The van der Waals surface area contributed by atoms with Crippen molar-refractivity contribution in [3.63, 3.8) is 0 Å². The molecule has 0 saturated carbocycles. The Kier molecular flexibility index (Phi) is 7.62. The minimum Gasteiger partial charge on any atom is -0.308 e. The van der Waals surface area contributed by atoms with Gasteiger partial charge in [-0.05, 0) is 56.7 Å². The molecule has 0 unspecified atom stereocenters. The molecule has 0 fully saturated rings. The molecule has 1 aromatic heterocycles. The Balaban J connectivity index is 1.93. The van der Waals surface area contributed by atoms with E-state index in [0.717, 1.165) is 26.8 Å². The fourth-order valence-electron chi connectivity index (χ4n) is 2.88. The van der Waals surface area contributed by atoms with Crippen LogP contribution in [0.1, 0.15) is 24.2 Å². The summed E-state index contributed by atoms with van der Waals surface area (Å²) in [6.07, 6.45) is 2.06. The smallest absolute Gasteiger partial charge is 0.260 e. The molecule has 0 aliphatic carbocycles. The van der Waals surface area contributed by atoms with E-state index < -0.39 is 0 Å². The van der Waals surface area contributed by atoms with E-state index in [9.17, 15) is 4.79 Å². The Morgan fingerprint density at radius 1 is 1.10 bits per heavy atom. The molecule has 0 aliphatic heterocycles. The summed E-state index contributed by atoms with van der Waals surface area (Å²) in [7, 11) is 4.04. The minimum atomic E-state index is -0.00213. The maximum absolute atomic E-state index is 13.4. The van der Waals surface area contributed by atoms with Crippen molar-refractivity contribution in [3.05, 3.63) is 48.0 Å². The third kappa shape index (κ3) is 5.54. The monoisotopic (exact) mass is 445 g/mol. The number of hydrogen-bond donors (Lipinski definition) is 0. The molecule has 3 rings (SSSR count). The molecule has 0 radical (unpaired) electrons. The number of likely N-dealkylation sites (N-methyl/N-ethyl adjacent to an activating group) is 1. The molecular weight excluding hydrogens is 418 g/mol. The number of hydrogen-bond acceptors (Lipinski definition) is 6. The van der Waals surface area contributed by atoms with Gasteiger partial charge in [-0.25, -0.2) is 4.98 Å². The average Bonchev–Trinajstić information content (AvgIpc) is 3.11. The number of benzene rings is 2. The second kappa shape index (κ2) is 9.98. The number of aromatic nitrogens is 1. The van der Waals surface area contributed by atoms with Gasteiger partial charge in [-0.15, -0.1) is 23.5 Å². The summed E-state index contributed by atoms with van der Waals surface area (Å²) in [5, 5.41) is 1.27. The summed E-state index contributed by atoms with van der Waals surface area (Å²) in [5.41, 5.74) is 1.67. The third-order valence-corrected chi connectivity index (χ3v) is 7.14. The highest BCUT2D eigenvalue weighted by Crippen LogP contribution is 2.34. The highest BCUT2D eigenvalue weighted by Gasteiger charge is 2.22. The number of carbonyl (C=O) groups excluding carboxylic acids is 1. The lowest BCUT2D eigenvalue weighted by atomic mass is 10.2. The van der Waals surface area contributed by atoms with Crippen molar-refractivity contribution >= 4 is 56.1 Å². The fourth-order valence-corrected chi connectivity index (χ4v) is 5.36. The molecule has 0 N–H and O–H groups in total. The number of carbonyl (C=O) groups is 1. The quantitative estimate of drug-likeness (QED) is 0.414. The molecule has 1 heterocycles. The highest BCUT2D eigenvalue weighted by atomic mass is 32.2. The molecule has 0 aliphatic rings. The number of para-hydroxylation sites is 1. The first kappa shape index (κ1) is 22.2. The van der Waals surface area contributed by atoms with Crippen LogP contribution in [-0.2, 0) is 0 Å². The van der Waals surface area contributed by atoms with Crippen molar-refractivity contribution in [1.82, 2.24) is 9.88 Å². The predicted molar refractivity (Wildman–Crippen MR) is 129 cm³/mol. The Morgan fingerprint density at radius 2 is 1.83 bits per heavy atom. The first-order chi connectivity index (χ1) is 13.9. The van der Waals surface area contributed by atoms with Crippen molar-refractivity contribution in [2.45, 2.75) is 28.9 Å². The van der Waals surface area contributed by atoms with E-state index >= 15 is 0 Å². The van der Waals surface area contributed by atoms with Gasteiger partial charge < -0.3 is 4.90 Å². The number of anilines is 1. The molecule has 154 valence electrons. The average molecular weight is 446 g/mol. The van der Waals surface area contributed by atoms with Gasteiger partial charge in [0.05, 0.1) is 10.2 Å². The van der Waals surface area contributed by atoms with Crippen LogP contribution in [-0.4, -0.2) is 54.5 Å². The van der Waals surface area contributed by atoms with Crippen LogP contribution in [0.25, 0.3) is 10.2 Å². The Morgan fingerprint density at radius 3 is 2.45 bits per heavy atom. The Hall–Kier alpha value is -1.54. The lowest BCUT2D eigenvalue weighted by molar-refractivity contribution is 0.0985. The van der Waals surface area contributed by atoms with Gasteiger partial charge in [0.2, 0.25) is 0 Å². The van der Waals surface area contributed by atoms with Crippen molar-refractivity contribution in [3.8, 4) is 0 Å². The summed E-state index contributed by atoms with van der Waals surface area (Å²) in [5.74, 6) is -0.00213. The molecule has 0 spiro atoms. The zero-order valence-corrected chi connectivity index (χ0v) is 20.0. The molecule has 7 heteroatoms. The summed E-state index contributed by atoms with van der Waals surface area (Å²) in [4.78, 5) is 24.5. The zero-order chi connectivity index (χ0) is 21.0. The number of rotatable bonds is 8. The predicted octanol–water partition coefficient (Wildman–Crippen LogP) is 5.73. The van der Waals surface area contributed by atoms with E-state index in [0.29, 0.717) is 17.4 Å². The molecule has 4 nitrogen and oxygen atoms in total. The van der Waals surface area contributed by atoms with Gasteiger partial charge in [0.15, 0.2) is 5.13 Å². The van der Waals surface area contributed by atoms with E-state index in [4.69, 9.17) is 4.98 Å². The number of thiazole rings is 1. The van der Waals surface area contributed by atoms with Gasteiger partial charge in [-0.3, -0.25) is 9.69 Å². The summed E-state index contributed by atoms with van der Waals surface area (Å²) in [6.45, 7) is 5.71. The van der Waals surface area contributed by atoms with Crippen LogP contribution in [0.2, 0.25) is 0 Å². The van der Waals surface area contributed by atoms with E-state index in [2.05, 4.69) is 37.1 Å². The van der Waals surface area contributed by atoms with Crippen LogP contribution in [0.3, 0.4) is 0 Å². The van der Waals surface area contributed by atoms with Crippen LogP contribution in [0.4, 0.5) is 5.13 Å². The molecular formula is C22H27N3OS3. The third-order valence-electron chi connectivity index (χ3n) is 4.31. The van der Waals surface area contributed by atoms with Crippen LogP contribution >= 0.6 is 34.9 Å². The maximum Gasteiger partial charge on any atom is 0.260 e. The van der Waals surface area contributed by atoms with E-state index in [-0.39, 0.29) is 5.91 Å². The number of thioether (sulfide) groups is 2.